The van der Waals surface area contributed by atoms with Gasteiger partial charge in [-0.15, -0.1) is 0 Å². The molecule has 0 aromatic heterocycles. The lowest BCUT2D eigenvalue weighted by molar-refractivity contribution is 0.351. The van der Waals surface area contributed by atoms with Crippen molar-refractivity contribution in [3.8, 4) is 11.5 Å². The third kappa shape index (κ3) is 1.96. The Morgan fingerprint density at radius 1 is 1.21 bits per heavy atom. The van der Waals surface area contributed by atoms with E-state index in [2.05, 4.69) is 0 Å². The topological polar surface area (TPSA) is 44.5 Å². The van der Waals surface area contributed by atoms with Crippen LogP contribution in [0.2, 0.25) is 0 Å². The van der Waals surface area contributed by atoms with E-state index in [4.69, 9.17) is 15.2 Å². The Balaban J connectivity index is 3.23. The van der Waals surface area contributed by atoms with Gasteiger partial charge < -0.3 is 15.2 Å². The summed E-state index contributed by atoms with van der Waals surface area (Å²) in [5.41, 5.74) is 6.01. The molecule has 0 aliphatic carbocycles. The molecule has 2 N–H and O–H groups in total. The Labute approximate surface area is 82.6 Å². The average molecular weight is 199 g/mol. The predicted octanol–water partition coefficient (Wildman–Crippen LogP) is 1.86. The molecular weight excluding hydrogens is 185 g/mol. The molecule has 1 rings (SSSR count). The molecule has 0 radical (unpaired) electrons. The van der Waals surface area contributed by atoms with E-state index in [-0.39, 0.29) is 11.9 Å². The molecular formula is C10H14FNO2. The normalized spacial score (nSPS) is 12.4. The van der Waals surface area contributed by atoms with Gasteiger partial charge in [-0.25, -0.2) is 4.39 Å². The van der Waals surface area contributed by atoms with Gasteiger partial charge >= 0.3 is 0 Å². The maximum Gasteiger partial charge on any atom is 0.163 e. The van der Waals surface area contributed by atoms with E-state index in [1.807, 2.05) is 0 Å². The first-order chi connectivity index (χ1) is 6.60. The second-order valence-electron chi connectivity index (χ2n) is 3.02. The van der Waals surface area contributed by atoms with Gasteiger partial charge in [-0.05, 0) is 13.0 Å². The standard InChI is InChI=1S/C10H14FNO2/c1-6(12)7-4-9(13-2)10(14-3)5-8(7)11/h4-6H,12H2,1-3H3/t6-/m1/s1. The van der Waals surface area contributed by atoms with E-state index in [0.717, 1.165) is 0 Å². The smallest absolute Gasteiger partial charge is 0.163 e. The van der Waals surface area contributed by atoms with Crippen LogP contribution in [0.5, 0.6) is 11.5 Å². The van der Waals surface area contributed by atoms with Crippen molar-refractivity contribution < 1.29 is 13.9 Å². The van der Waals surface area contributed by atoms with E-state index in [9.17, 15) is 4.39 Å². The van der Waals surface area contributed by atoms with Crippen LogP contribution in [-0.4, -0.2) is 14.2 Å². The molecule has 0 heterocycles. The number of nitrogens with two attached hydrogens (primary N) is 1. The van der Waals surface area contributed by atoms with Crippen LogP contribution < -0.4 is 15.2 Å². The third-order valence-electron chi connectivity index (χ3n) is 1.99. The average Bonchev–Trinajstić information content (AvgIpc) is 2.16. The maximum atomic E-state index is 13.4. The van der Waals surface area contributed by atoms with Crippen molar-refractivity contribution in [3.63, 3.8) is 0 Å². The number of hydrogen-bond donors (Lipinski definition) is 1. The highest BCUT2D eigenvalue weighted by atomic mass is 19.1. The minimum atomic E-state index is -0.377. The van der Waals surface area contributed by atoms with E-state index < -0.39 is 0 Å². The van der Waals surface area contributed by atoms with E-state index >= 15 is 0 Å². The molecule has 0 saturated carbocycles. The van der Waals surface area contributed by atoms with Gasteiger partial charge in [-0.3, -0.25) is 0 Å². The highest BCUT2D eigenvalue weighted by molar-refractivity contribution is 5.44. The van der Waals surface area contributed by atoms with Crippen LogP contribution in [0.3, 0.4) is 0 Å². The Morgan fingerprint density at radius 2 is 1.71 bits per heavy atom. The largest absolute Gasteiger partial charge is 0.493 e. The summed E-state index contributed by atoms with van der Waals surface area (Å²) in [7, 11) is 2.96. The summed E-state index contributed by atoms with van der Waals surface area (Å²) in [4.78, 5) is 0. The van der Waals surface area contributed by atoms with Gasteiger partial charge in [0.25, 0.3) is 0 Å². The first-order valence-corrected chi connectivity index (χ1v) is 4.27. The predicted molar refractivity (Wildman–Crippen MR) is 52.1 cm³/mol. The quantitative estimate of drug-likeness (QED) is 0.808. The number of halogens is 1. The van der Waals surface area contributed by atoms with Crippen molar-refractivity contribution >= 4 is 0 Å². The van der Waals surface area contributed by atoms with Gasteiger partial charge in [0.2, 0.25) is 0 Å². The lowest BCUT2D eigenvalue weighted by Gasteiger charge is -2.12. The molecule has 0 aliphatic rings. The molecule has 0 aliphatic heterocycles. The molecule has 0 fully saturated rings. The van der Waals surface area contributed by atoms with Crippen LogP contribution in [-0.2, 0) is 0 Å². The van der Waals surface area contributed by atoms with E-state index in [1.165, 1.54) is 20.3 Å². The van der Waals surface area contributed by atoms with Crippen LogP contribution in [0, 0.1) is 5.82 Å². The summed E-state index contributed by atoms with van der Waals surface area (Å²) in [6.07, 6.45) is 0. The summed E-state index contributed by atoms with van der Waals surface area (Å²) in [5.74, 6) is 0.480. The molecule has 3 nitrogen and oxygen atoms in total. The summed E-state index contributed by atoms with van der Waals surface area (Å²) in [5, 5.41) is 0. The lowest BCUT2D eigenvalue weighted by atomic mass is 10.1. The van der Waals surface area contributed by atoms with Crippen molar-refractivity contribution in [3.05, 3.63) is 23.5 Å². The van der Waals surface area contributed by atoms with Crippen molar-refractivity contribution in [1.82, 2.24) is 0 Å². The summed E-state index contributed by atoms with van der Waals surface area (Å²) in [6, 6.07) is 2.46. The van der Waals surface area contributed by atoms with Gasteiger partial charge in [0.05, 0.1) is 14.2 Å². The van der Waals surface area contributed by atoms with Gasteiger partial charge in [0.1, 0.15) is 5.82 Å². The number of methoxy groups -OCH3 is 2. The molecule has 0 unspecified atom stereocenters. The highest BCUT2D eigenvalue weighted by Crippen LogP contribution is 2.31. The fraction of sp³-hybridized carbons (Fsp3) is 0.400. The van der Waals surface area contributed by atoms with Crippen LogP contribution in [0.15, 0.2) is 12.1 Å². The van der Waals surface area contributed by atoms with Crippen molar-refractivity contribution in [2.75, 3.05) is 14.2 Å². The first-order valence-electron chi connectivity index (χ1n) is 4.27. The molecule has 0 amide bonds. The molecule has 78 valence electrons. The minimum absolute atomic E-state index is 0.366. The number of benzene rings is 1. The minimum Gasteiger partial charge on any atom is -0.493 e. The molecule has 0 spiro atoms. The van der Waals surface area contributed by atoms with Gasteiger partial charge in [-0.2, -0.15) is 0 Å². The third-order valence-corrected chi connectivity index (χ3v) is 1.99. The Bertz CT molecular complexity index is 326. The maximum absolute atomic E-state index is 13.4. The summed E-state index contributed by atoms with van der Waals surface area (Å²) in [6.45, 7) is 1.71. The summed E-state index contributed by atoms with van der Waals surface area (Å²) < 4.78 is 23.4. The summed E-state index contributed by atoms with van der Waals surface area (Å²) >= 11 is 0. The van der Waals surface area contributed by atoms with Crippen LogP contribution in [0.25, 0.3) is 0 Å². The van der Waals surface area contributed by atoms with Gasteiger partial charge in [0.15, 0.2) is 11.5 Å². The zero-order chi connectivity index (χ0) is 10.7. The fourth-order valence-electron chi connectivity index (χ4n) is 1.22. The number of hydrogen-bond acceptors (Lipinski definition) is 3. The molecule has 0 bridgehead atoms. The second kappa shape index (κ2) is 4.28. The van der Waals surface area contributed by atoms with Crippen molar-refractivity contribution in [1.29, 1.82) is 0 Å². The fourth-order valence-corrected chi connectivity index (χ4v) is 1.22. The number of ether oxygens (including phenoxy) is 2. The lowest BCUT2D eigenvalue weighted by Crippen LogP contribution is -2.08. The number of rotatable bonds is 3. The van der Waals surface area contributed by atoms with Gasteiger partial charge in [0, 0.05) is 17.7 Å². The van der Waals surface area contributed by atoms with Gasteiger partial charge in [-0.1, -0.05) is 0 Å². The molecule has 4 heteroatoms. The van der Waals surface area contributed by atoms with E-state index in [1.54, 1.807) is 13.0 Å². The highest BCUT2D eigenvalue weighted by Gasteiger charge is 2.13. The first kappa shape index (κ1) is 10.8. The zero-order valence-corrected chi connectivity index (χ0v) is 8.50. The molecule has 0 saturated heterocycles. The van der Waals surface area contributed by atoms with Crippen molar-refractivity contribution in [2.24, 2.45) is 5.73 Å². The van der Waals surface area contributed by atoms with E-state index in [0.29, 0.717) is 17.1 Å². The SMILES string of the molecule is COc1cc(F)c([C@@H](C)N)cc1OC. The second-order valence-corrected chi connectivity index (χ2v) is 3.02. The Hall–Kier alpha value is -1.29. The zero-order valence-electron chi connectivity index (χ0n) is 8.50. The van der Waals surface area contributed by atoms with Crippen molar-refractivity contribution in [2.45, 2.75) is 13.0 Å². The van der Waals surface area contributed by atoms with Crippen LogP contribution in [0.1, 0.15) is 18.5 Å². The Kier molecular flexibility index (Phi) is 3.30. The van der Waals surface area contributed by atoms with Crippen LogP contribution in [0.4, 0.5) is 4.39 Å². The molecule has 1 aromatic carbocycles. The molecule has 1 aromatic rings. The molecule has 14 heavy (non-hydrogen) atoms. The Morgan fingerprint density at radius 3 is 2.14 bits per heavy atom. The molecule has 1 atom stereocenters. The monoisotopic (exact) mass is 199 g/mol. The van der Waals surface area contributed by atoms with Crippen LogP contribution >= 0.6 is 0 Å².